The van der Waals surface area contributed by atoms with E-state index in [-0.39, 0.29) is 24.1 Å². The molecule has 0 bridgehead atoms. The molecule has 1 heterocycles. The highest BCUT2D eigenvalue weighted by molar-refractivity contribution is 9.10. The summed E-state index contributed by atoms with van der Waals surface area (Å²) in [6.07, 6.45) is 0.174. The first kappa shape index (κ1) is 18.1. The fourth-order valence-corrected chi connectivity index (χ4v) is 3.14. The predicted molar refractivity (Wildman–Crippen MR) is 104 cm³/mol. The highest BCUT2D eigenvalue weighted by Crippen LogP contribution is 2.27. The third kappa shape index (κ3) is 4.29. The molecule has 3 rings (SSSR count). The van der Waals surface area contributed by atoms with Crippen molar-refractivity contribution in [2.45, 2.75) is 13.3 Å². The number of hydrogen-bond acceptors (Lipinski definition) is 3. The number of amides is 3. The first-order chi connectivity index (χ1) is 12.4. The summed E-state index contributed by atoms with van der Waals surface area (Å²) in [5.41, 5.74) is 1.96. The molecule has 1 fully saturated rings. The van der Waals surface area contributed by atoms with E-state index in [1.165, 1.54) is 6.92 Å². The van der Waals surface area contributed by atoms with E-state index in [2.05, 4.69) is 26.6 Å². The molecule has 0 aromatic heterocycles. The Kier molecular flexibility index (Phi) is 5.37. The van der Waals surface area contributed by atoms with Crippen LogP contribution in [0.25, 0.3) is 0 Å². The molecule has 0 spiro atoms. The van der Waals surface area contributed by atoms with Gasteiger partial charge in [-0.15, -0.1) is 0 Å². The van der Waals surface area contributed by atoms with Crippen molar-refractivity contribution in [2.24, 2.45) is 5.92 Å². The van der Waals surface area contributed by atoms with Crippen LogP contribution in [0.5, 0.6) is 0 Å². The standard InChI is InChI=1S/C19H18BrN3O3/c1-12(24)21-15-3-2-4-16(10-15)22-19(26)13-9-18(25)23(11-13)17-7-5-14(20)6-8-17/h2-8,10,13H,9,11H2,1H3,(H,21,24)(H,22,26)/t13-/m1/s1. The van der Waals surface area contributed by atoms with E-state index < -0.39 is 5.92 Å². The van der Waals surface area contributed by atoms with Crippen LogP contribution in [0, 0.1) is 5.92 Å². The summed E-state index contributed by atoms with van der Waals surface area (Å²) >= 11 is 3.37. The Morgan fingerprint density at radius 3 is 2.38 bits per heavy atom. The first-order valence-electron chi connectivity index (χ1n) is 8.17. The minimum Gasteiger partial charge on any atom is -0.326 e. The monoisotopic (exact) mass is 415 g/mol. The zero-order valence-corrected chi connectivity index (χ0v) is 15.7. The molecule has 7 heteroatoms. The second kappa shape index (κ2) is 7.70. The maximum absolute atomic E-state index is 12.5. The molecule has 0 unspecified atom stereocenters. The lowest BCUT2D eigenvalue weighted by atomic mass is 10.1. The maximum atomic E-state index is 12.5. The molecule has 2 N–H and O–H groups in total. The molecular weight excluding hydrogens is 398 g/mol. The van der Waals surface area contributed by atoms with Gasteiger partial charge in [0.25, 0.3) is 0 Å². The Morgan fingerprint density at radius 2 is 1.73 bits per heavy atom. The molecule has 0 radical (unpaired) electrons. The van der Waals surface area contributed by atoms with Gasteiger partial charge in [0.1, 0.15) is 0 Å². The average Bonchev–Trinajstić information content (AvgIpc) is 2.97. The van der Waals surface area contributed by atoms with E-state index in [4.69, 9.17) is 0 Å². The Hall–Kier alpha value is -2.67. The largest absolute Gasteiger partial charge is 0.326 e. The van der Waals surface area contributed by atoms with Crippen molar-refractivity contribution in [3.05, 3.63) is 53.0 Å². The topological polar surface area (TPSA) is 78.5 Å². The number of nitrogens with zero attached hydrogens (tertiary/aromatic N) is 1. The Morgan fingerprint density at radius 1 is 1.08 bits per heavy atom. The summed E-state index contributed by atoms with van der Waals surface area (Å²) in [6, 6.07) is 14.3. The Balaban J connectivity index is 1.66. The maximum Gasteiger partial charge on any atom is 0.229 e. The van der Waals surface area contributed by atoms with Gasteiger partial charge in [0.2, 0.25) is 17.7 Å². The smallest absolute Gasteiger partial charge is 0.229 e. The van der Waals surface area contributed by atoms with Gasteiger partial charge in [0.05, 0.1) is 5.92 Å². The molecule has 1 aliphatic heterocycles. The third-order valence-electron chi connectivity index (χ3n) is 4.08. The zero-order valence-electron chi connectivity index (χ0n) is 14.2. The minimum atomic E-state index is -0.421. The van der Waals surface area contributed by atoms with Crippen LogP contribution in [-0.2, 0) is 14.4 Å². The highest BCUT2D eigenvalue weighted by atomic mass is 79.9. The van der Waals surface area contributed by atoms with Crippen LogP contribution in [0.1, 0.15) is 13.3 Å². The van der Waals surface area contributed by atoms with E-state index >= 15 is 0 Å². The van der Waals surface area contributed by atoms with Gasteiger partial charge in [-0.2, -0.15) is 0 Å². The van der Waals surface area contributed by atoms with E-state index in [9.17, 15) is 14.4 Å². The molecule has 2 aromatic carbocycles. The average molecular weight is 416 g/mol. The van der Waals surface area contributed by atoms with Crippen LogP contribution in [0.4, 0.5) is 17.1 Å². The van der Waals surface area contributed by atoms with Crippen molar-refractivity contribution in [1.82, 2.24) is 0 Å². The van der Waals surface area contributed by atoms with Crippen molar-refractivity contribution in [2.75, 3.05) is 22.1 Å². The van der Waals surface area contributed by atoms with Gasteiger partial charge < -0.3 is 15.5 Å². The number of nitrogens with one attached hydrogen (secondary N) is 2. The van der Waals surface area contributed by atoms with E-state index in [1.54, 1.807) is 29.2 Å². The summed E-state index contributed by atoms with van der Waals surface area (Å²) < 4.78 is 0.932. The fourth-order valence-electron chi connectivity index (χ4n) is 2.88. The lowest BCUT2D eigenvalue weighted by molar-refractivity contribution is -0.122. The van der Waals surface area contributed by atoms with Crippen molar-refractivity contribution >= 4 is 50.7 Å². The number of hydrogen-bond donors (Lipinski definition) is 2. The quantitative estimate of drug-likeness (QED) is 0.802. The predicted octanol–water partition coefficient (Wildman–Crippen LogP) is 3.40. The lowest BCUT2D eigenvalue weighted by Crippen LogP contribution is -2.28. The summed E-state index contributed by atoms with van der Waals surface area (Å²) in [6.45, 7) is 1.77. The fraction of sp³-hybridized carbons (Fsp3) is 0.211. The molecule has 2 aromatic rings. The number of carbonyl (C=O) groups excluding carboxylic acids is 3. The normalized spacial score (nSPS) is 16.5. The molecule has 1 saturated heterocycles. The van der Waals surface area contributed by atoms with Gasteiger partial charge in [-0.25, -0.2) is 0 Å². The van der Waals surface area contributed by atoms with Gasteiger partial charge in [-0.3, -0.25) is 14.4 Å². The van der Waals surface area contributed by atoms with Crippen molar-refractivity contribution in [3.8, 4) is 0 Å². The number of benzene rings is 2. The van der Waals surface area contributed by atoms with Crippen molar-refractivity contribution in [3.63, 3.8) is 0 Å². The summed E-state index contributed by atoms with van der Waals surface area (Å²) in [5, 5.41) is 5.49. The molecule has 6 nitrogen and oxygen atoms in total. The Labute approximate surface area is 159 Å². The van der Waals surface area contributed by atoms with Crippen LogP contribution in [0.3, 0.4) is 0 Å². The number of carbonyl (C=O) groups is 3. The summed E-state index contributed by atoms with van der Waals surface area (Å²) in [7, 11) is 0. The first-order valence-corrected chi connectivity index (χ1v) is 8.96. The minimum absolute atomic E-state index is 0.0699. The van der Waals surface area contributed by atoms with Crippen LogP contribution in [0.2, 0.25) is 0 Å². The molecule has 134 valence electrons. The molecule has 1 atom stereocenters. The second-order valence-electron chi connectivity index (χ2n) is 6.13. The van der Waals surface area contributed by atoms with Gasteiger partial charge in [0.15, 0.2) is 0 Å². The number of halogens is 1. The van der Waals surface area contributed by atoms with Crippen LogP contribution >= 0.6 is 15.9 Å². The number of rotatable bonds is 4. The Bertz CT molecular complexity index is 851. The second-order valence-corrected chi connectivity index (χ2v) is 7.05. The van der Waals surface area contributed by atoms with Crippen LogP contribution < -0.4 is 15.5 Å². The van der Waals surface area contributed by atoms with Gasteiger partial charge in [-0.05, 0) is 42.5 Å². The SMILES string of the molecule is CC(=O)Nc1cccc(NC(=O)[C@@H]2CC(=O)N(c3ccc(Br)cc3)C2)c1. The summed E-state index contributed by atoms with van der Waals surface area (Å²) in [4.78, 5) is 37.6. The molecule has 1 aliphatic rings. The van der Waals surface area contributed by atoms with E-state index in [1.807, 2.05) is 24.3 Å². The lowest BCUT2D eigenvalue weighted by Gasteiger charge is -2.17. The molecule has 0 aliphatic carbocycles. The van der Waals surface area contributed by atoms with Crippen LogP contribution in [0.15, 0.2) is 53.0 Å². The van der Waals surface area contributed by atoms with Gasteiger partial charge in [-0.1, -0.05) is 22.0 Å². The van der Waals surface area contributed by atoms with Crippen molar-refractivity contribution < 1.29 is 14.4 Å². The number of anilines is 3. The highest BCUT2D eigenvalue weighted by Gasteiger charge is 2.35. The van der Waals surface area contributed by atoms with E-state index in [0.717, 1.165) is 10.2 Å². The van der Waals surface area contributed by atoms with Crippen LogP contribution in [-0.4, -0.2) is 24.3 Å². The third-order valence-corrected chi connectivity index (χ3v) is 4.61. The molecule has 26 heavy (non-hydrogen) atoms. The molecule has 3 amide bonds. The van der Waals surface area contributed by atoms with E-state index in [0.29, 0.717) is 17.9 Å². The molecular formula is C19H18BrN3O3. The summed E-state index contributed by atoms with van der Waals surface area (Å²) in [5.74, 6) is -0.881. The van der Waals surface area contributed by atoms with Crippen molar-refractivity contribution in [1.29, 1.82) is 0 Å². The van der Waals surface area contributed by atoms with Gasteiger partial charge >= 0.3 is 0 Å². The van der Waals surface area contributed by atoms with Gasteiger partial charge in [0, 0.05) is 41.4 Å². The zero-order chi connectivity index (χ0) is 18.7. The molecule has 0 saturated carbocycles.